The SMILES string of the molecule is COC1CNC(Cl)CC1C1CC(C)NCC1C(=O)NC1NC2CN(C(=O)C3CNC(C)N3C)CC2S1. The van der Waals surface area contributed by atoms with Crippen molar-refractivity contribution in [3.05, 3.63) is 0 Å². The molecule has 5 heterocycles. The molecule has 10 nitrogen and oxygen atoms in total. The normalized spacial score (nSPS) is 45.6. The van der Waals surface area contributed by atoms with Crippen molar-refractivity contribution in [2.24, 2.45) is 17.8 Å². The molecule has 12 heteroatoms. The molecule has 204 valence electrons. The molecular formula is C24H42ClN7O3S. The minimum atomic E-state index is -0.132. The number of hydrogen-bond donors (Lipinski definition) is 5. The first-order chi connectivity index (χ1) is 17.2. The van der Waals surface area contributed by atoms with Crippen LogP contribution >= 0.6 is 23.4 Å². The van der Waals surface area contributed by atoms with E-state index in [0.717, 1.165) is 19.4 Å². The molecule has 0 aromatic carbocycles. The summed E-state index contributed by atoms with van der Waals surface area (Å²) in [5, 5.41) is 17.3. The van der Waals surface area contributed by atoms with Crippen LogP contribution in [-0.4, -0.2) is 115 Å². The molecule has 2 amide bonds. The highest BCUT2D eigenvalue weighted by Crippen LogP contribution is 2.38. The number of amides is 2. The van der Waals surface area contributed by atoms with Gasteiger partial charge in [0.05, 0.1) is 23.7 Å². The predicted molar refractivity (Wildman–Crippen MR) is 141 cm³/mol. The summed E-state index contributed by atoms with van der Waals surface area (Å²) in [6, 6.07) is 0.455. The fourth-order valence-corrected chi connectivity index (χ4v) is 8.46. The Hall–Kier alpha value is -0.660. The highest BCUT2D eigenvalue weighted by Gasteiger charge is 2.48. The van der Waals surface area contributed by atoms with Gasteiger partial charge in [0.1, 0.15) is 11.5 Å². The highest BCUT2D eigenvalue weighted by molar-refractivity contribution is 8.00. The standard InChI is InChI=1S/C24H42ClN7O3S/c1-12-5-14(15-6-21(25)28-9-19(15)35-4)16(7-26-12)22(33)30-24-29-17-10-32(11-20(17)36-24)23(34)18-8-27-13(2)31(18)3/h12-21,24,26-29H,5-11H2,1-4H3,(H,30,33). The van der Waals surface area contributed by atoms with Gasteiger partial charge >= 0.3 is 0 Å². The van der Waals surface area contributed by atoms with E-state index >= 15 is 0 Å². The molecule has 36 heavy (non-hydrogen) atoms. The second-order valence-electron chi connectivity index (χ2n) is 11.2. The number of nitrogens with one attached hydrogen (secondary N) is 5. The molecule has 5 rings (SSSR count). The Morgan fingerprint density at radius 1 is 1.06 bits per heavy atom. The Kier molecular flexibility index (Phi) is 8.39. The van der Waals surface area contributed by atoms with Crippen LogP contribution in [0.2, 0.25) is 0 Å². The van der Waals surface area contributed by atoms with Crippen LogP contribution in [0, 0.1) is 17.8 Å². The van der Waals surface area contributed by atoms with Crippen LogP contribution < -0.4 is 26.6 Å². The number of thioether (sulfide) groups is 1. The molecule has 11 atom stereocenters. The van der Waals surface area contributed by atoms with E-state index in [1.54, 1.807) is 18.9 Å². The third-order valence-corrected chi connectivity index (χ3v) is 10.7. The van der Waals surface area contributed by atoms with Gasteiger partial charge in [0.2, 0.25) is 11.8 Å². The smallest absolute Gasteiger partial charge is 0.241 e. The maximum atomic E-state index is 13.6. The van der Waals surface area contributed by atoms with Crippen molar-refractivity contribution in [2.45, 2.75) is 73.3 Å². The zero-order valence-corrected chi connectivity index (χ0v) is 23.3. The van der Waals surface area contributed by atoms with Crippen LogP contribution in [0.15, 0.2) is 0 Å². The first-order valence-corrected chi connectivity index (χ1v) is 14.7. The zero-order chi connectivity index (χ0) is 25.6. The molecular weight excluding hydrogens is 502 g/mol. The molecule has 0 radical (unpaired) electrons. The third kappa shape index (κ3) is 5.40. The van der Waals surface area contributed by atoms with Crippen molar-refractivity contribution in [1.82, 2.24) is 36.4 Å². The summed E-state index contributed by atoms with van der Waals surface area (Å²) in [4.78, 5) is 30.7. The number of alkyl halides is 1. The second kappa shape index (κ2) is 11.2. The van der Waals surface area contributed by atoms with E-state index < -0.39 is 0 Å². The van der Waals surface area contributed by atoms with Gasteiger partial charge in [0.15, 0.2) is 0 Å². The molecule has 5 N–H and O–H groups in total. The monoisotopic (exact) mass is 543 g/mol. The average Bonchev–Trinajstić information content (AvgIpc) is 3.52. The van der Waals surface area contributed by atoms with Gasteiger partial charge in [-0.25, -0.2) is 0 Å². The van der Waals surface area contributed by atoms with Crippen molar-refractivity contribution in [2.75, 3.05) is 46.9 Å². The lowest BCUT2D eigenvalue weighted by molar-refractivity contribution is -0.134. The number of rotatable bonds is 5. The van der Waals surface area contributed by atoms with Gasteiger partial charge in [-0.05, 0) is 45.6 Å². The van der Waals surface area contributed by atoms with E-state index in [4.69, 9.17) is 16.3 Å². The molecule has 0 aliphatic carbocycles. The summed E-state index contributed by atoms with van der Waals surface area (Å²) in [7, 11) is 3.75. The maximum absolute atomic E-state index is 13.6. The van der Waals surface area contributed by atoms with Gasteiger partial charge in [-0.3, -0.25) is 30.4 Å². The van der Waals surface area contributed by atoms with Gasteiger partial charge in [-0.15, -0.1) is 23.4 Å². The maximum Gasteiger partial charge on any atom is 0.241 e. The largest absolute Gasteiger partial charge is 0.380 e. The first-order valence-electron chi connectivity index (χ1n) is 13.3. The van der Waals surface area contributed by atoms with E-state index in [2.05, 4.69) is 45.3 Å². The summed E-state index contributed by atoms with van der Waals surface area (Å²) in [5.74, 6) is 0.619. The summed E-state index contributed by atoms with van der Waals surface area (Å²) in [5.41, 5.74) is -0.219. The quantitative estimate of drug-likeness (QED) is 0.228. The number of nitrogens with zero attached hydrogens (tertiary/aromatic N) is 2. The van der Waals surface area contributed by atoms with Crippen LogP contribution in [0.5, 0.6) is 0 Å². The zero-order valence-electron chi connectivity index (χ0n) is 21.7. The highest BCUT2D eigenvalue weighted by atomic mass is 35.5. The number of piperidine rings is 2. The predicted octanol–water partition coefficient (Wildman–Crippen LogP) is -0.645. The van der Waals surface area contributed by atoms with Crippen LogP contribution in [0.25, 0.3) is 0 Å². The minimum Gasteiger partial charge on any atom is -0.380 e. The molecule has 0 spiro atoms. The van der Waals surface area contributed by atoms with Crippen molar-refractivity contribution in [3.8, 4) is 0 Å². The summed E-state index contributed by atoms with van der Waals surface area (Å²) in [6.45, 7) is 7.75. The lowest BCUT2D eigenvalue weighted by atomic mass is 9.70. The van der Waals surface area contributed by atoms with Crippen molar-refractivity contribution in [3.63, 3.8) is 0 Å². The number of carbonyl (C=O) groups is 2. The molecule has 11 unspecified atom stereocenters. The third-order valence-electron chi connectivity index (χ3n) is 9.04. The molecule has 5 aliphatic rings. The molecule has 5 saturated heterocycles. The topological polar surface area (TPSA) is 110 Å². The average molecular weight is 544 g/mol. The number of halogens is 1. The van der Waals surface area contributed by atoms with Crippen LogP contribution in [0.3, 0.4) is 0 Å². The molecule has 0 aromatic rings. The van der Waals surface area contributed by atoms with E-state index in [9.17, 15) is 9.59 Å². The Balaban J connectivity index is 1.17. The van der Waals surface area contributed by atoms with Crippen LogP contribution in [0.4, 0.5) is 0 Å². The van der Waals surface area contributed by atoms with Crippen molar-refractivity contribution < 1.29 is 14.3 Å². The van der Waals surface area contributed by atoms with E-state index in [0.29, 0.717) is 32.2 Å². The second-order valence-corrected chi connectivity index (χ2v) is 13.1. The number of methoxy groups -OCH3 is 1. The number of carbonyl (C=O) groups excluding carboxylic acids is 2. The molecule has 0 bridgehead atoms. The number of ether oxygens (including phenoxy) is 1. The van der Waals surface area contributed by atoms with Gasteiger partial charge < -0.3 is 20.3 Å². The summed E-state index contributed by atoms with van der Waals surface area (Å²) >= 11 is 8.21. The summed E-state index contributed by atoms with van der Waals surface area (Å²) < 4.78 is 5.80. The van der Waals surface area contributed by atoms with Gasteiger partial charge in [-0.2, -0.15) is 0 Å². The Morgan fingerprint density at radius 2 is 1.86 bits per heavy atom. The van der Waals surface area contributed by atoms with E-state index in [-0.39, 0.29) is 70.2 Å². The Morgan fingerprint density at radius 3 is 2.56 bits per heavy atom. The van der Waals surface area contributed by atoms with E-state index in [1.807, 2.05) is 11.9 Å². The van der Waals surface area contributed by atoms with Crippen LogP contribution in [-0.2, 0) is 14.3 Å². The van der Waals surface area contributed by atoms with Crippen molar-refractivity contribution in [1.29, 1.82) is 0 Å². The number of fused-ring (bicyclic) bond motifs is 1. The number of likely N-dealkylation sites (N-methyl/N-ethyl adjacent to an activating group) is 1. The lowest BCUT2D eigenvalue weighted by Crippen LogP contribution is -2.57. The van der Waals surface area contributed by atoms with Gasteiger partial charge in [-0.1, -0.05) is 0 Å². The Labute approximate surface area is 223 Å². The fraction of sp³-hybridized carbons (Fsp3) is 0.917. The van der Waals surface area contributed by atoms with Crippen LogP contribution in [0.1, 0.15) is 26.7 Å². The number of hydrogen-bond acceptors (Lipinski definition) is 9. The van der Waals surface area contributed by atoms with Gasteiger partial charge in [0.25, 0.3) is 0 Å². The van der Waals surface area contributed by atoms with Gasteiger partial charge in [0, 0.05) is 57.2 Å². The molecule has 0 aromatic heterocycles. The van der Waals surface area contributed by atoms with Crippen molar-refractivity contribution >= 4 is 35.2 Å². The number of likely N-dealkylation sites (tertiary alicyclic amines) is 1. The fourth-order valence-electron chi connectivity index (χ4n) is 6.76. The molecule has 5 aliphatic heterocycles. The molecule has 0 saturated carbocycles. The molecule has 5 fully saturated rings. The first kappa shape index (κ1) is 26.9. The Bertz CT molecular complexity index is 813. The minimum absolute atomic E-state index is 0.0598. The lowest BCUT2D eigenvalue weighted by Gasteiger charge is -2.45. The van der Waals surface area contributed by atoms with E-state index in [1.165, 1.54) is 0 Å². The summed E-state index contributed by atoms with van der Waals surface area (Å²) in [6.07, 6.45) is 2.01.